The maximum Gasteiger partial charge on any atom is 0.250 e. The van der Waals surface area contributed by atoms with Gasteiger partial charge in [-0.1, -0.05) is 23.5 Å². The number of pyridine rings is 1. The molecule has 0 radical (unpaired) electrons. The largest absolute Gasteiger partial charge is 0.280 e. The van der Waals surface area contributed by atoms with Crippen LogP contribution in [0.4, 0.5) is 5.13 Å². The number of fused-ring (bicyclic) bond motifs is 1. The molecule has 3 heterocycles. The average molecular weight is 378 g/mol. The van der Waals surface area contributed by atoms with Crippen molar-refractivity contribution >= 4 is 32.6 Å². The Kier molecular flexibility index (Phi) is 4.64. The van der Waals surface area contributed by atoms with Crippen LogP contribution in [0.15, 0.2) is 49.2 Å². The van der Waals surface area contributed by atoms with E-state index in [4.69, 9.17) is 4.98 Å². The first-order valence-electron chi connectivity index (χ1n) is 8.50. The molecule has 0 atom stereocenters. The molecule has 136 valence electrons. The summed E-state index contributed by atoms with van der Waals surface area (Å²) in [6.45, 7) is 4.57. The van der Waals surface area contributed by atoms with Crippen LogP contribution in [0.5, 0.6) is 0 Å². The van der Waals surface area contributed by atoms with E-state index in [-0.39, 0.29) is 12.5 Å². The summed E-state index contributed by atoms with van der Waals surface area (Å²) in [5.74, 6) is -0.111. The van der Waals surface area contributed by atoms with Gasteiger partial charge < -0.3 is 0 Å². The molecular formula is C19H18N6OS. The molecule has 0 fully saturated rings. The summed E-state index contributed by atoms with van der Waals surface area (Å²) in [6, 6.07) is 9.84. The molecule has 1 amide bonds. The number of aromatic nitrogens is 5. The van der Waals surface area contributed by atoms with Crippen LogP contribution in [0.25, 0.3) is 10.2 Å². The first-order valence-corrected chi connectivity index (χ1v) is 9.32. The number of anilines is 1. The van der Waals surface area contributed by atoms with Gasteiger partial charge in [-0.25, -0.2) is 14.6 Å². The second-order valence-corrected chi connectivity index (χ2v) is 7.30. The molecule has 4 rings (SSSR count). The SMILES string of the molecule is Cc1cc(C)c2sc(N(Cc3ccccn3)C(=O)Cn3cncn3)nc2c1. The van der Waals surface area contributed by atoms with E-state index in [0.717, 1.165) is 27.0 Å². The van der Waals surface area contributed by atoms with Crippen molar-refractivity contribution in [3.05, 3.63) is 66.0 Å². The molecule has 8 heteroatoms. The Labute approximate surface area is 160 Å². The second kappa shape index (κ2) is 7.24. The summed E-state index contributed by atoms with van der Waals surface area (Å²) in [4.78, 5) is 27.7. The van der Waals surface area contributed by atoms with Crippen molar-refractivity contribution in [2.75, 3.05) is 4.90 Å². The van der Waals surface area contributed by atoms with E-state index in [1.807, 2.05) is 31.2 Å². The van der Waals surface area contributed by atoms with Crippen LogP contribution in [0, 0.1) is 13.8 Å². The lowest BCUT2D eigenvalue weighted by molar-refractivity contribution is -0.119. The molecule has 0 aliphatic heterocycles. The zero-order chi connectivity index (χ0) is 18.8. The Bertz CT molecular complexity index is 1070. The van der Waals surface area contributed by atoms with E-state index in [9.17, 15) is 4.79 Å². The van der Waals surface area contributed by atoms with Crippen LogP contribution >= 0.6 is 11.3 Å². The van der Waals surface area contributed by atoms with Crippen LogP contribution in [0.2, 0.25) is 0 Å². The minimum absolute atomic E-state index is 0.0980. The van der Waals surface area contributed by atoms with E-state index in [0.29, 0.717) is 11.7 Å². The van der Waals surface area contributed by atoms with Crippen LogP contribution in [0.1, 0.15) is 16.8 Å². The van der Waals surface area contributed by atoms with Gasteiger partial charge in [-0.05, 0) is 43.2 Å². The lowest BCUT2D eigenvalue weighted by Gasteiger charge is -2.19. The summed E-state index contributed by atoms with van der Waals surface area (Å²) in [5, 5.41) is 4.69. The highest BCUT2D eigenvalue weighted by atomic mass is 32.1. The smallest absolute Gasteiger partial charge is 0.250 e. The maximum absolute atomic E-state index is 13.0. The number of thiazole rings is 1. The number of benzene rings is 1. The Morgan fingerprint density at radius 2 is 2.15 bits per heavy atom. The van der Waals surface area contributed by atoms with Crippen molar-refractivity contribution in [3.8, 4) is 0 Å². The van der Waals surface area contributed by atoms with Gasteiger partial charge in [0.05, 0.1) is 22.5 Å². The molecule has 3 aromatic heterocycles. The molecule has 0 aliphatic rings. The summed E-state index contributed by atoms with van der Waals surface area (Å²) in [7, 11) is 0. The van der Waals surface area contributed by atoms with Crippen molar-refractivity contribution in [2.24, 2.45) is 0 Å². The number of hydrogen-bond acceptors (Lipinski definition) is 6. The number of carbonyl (C=O) groups is 1. The monoisotopic (exact) mass is 378 g/mol. The van der Waals surface area contributed by atoms with Gasteiger partial charge >= 0.3 is 0 Å². The highest BCUT2D eigenvalue weighted by molar-refractivity contribution is 7.22. The molecule has 0 saturated carbocycles. The highest BCUT2D eigenvalue weighted by Crippen LogP contribution is 2.32. The predicted molar refractivity (Wildman–Crippen MR) is 105 cm³/mol. The minimum atomic E-state index is -0.111. The average Bonchev–Trinajstić information content (AvgIpc) is 3.30. The molecule has 0 spiro atoms. The predicted octanol–water partition coefficient (Wildman–Crippen LogP) is 3.13. The van der Waals surface area contributed by atoms with Crippen molar-refractivity contribution < 1.29 is 4.79 Å². The molecule has 0 saturated heterocycles. The van der Waals surface area contributed by atoms with Crippen LogP contribution < -0.4 is 4.90 Å². The maximum atomic E-state index is 13.0. The van der Waals surface area contributed by atoms with Crippen molar-refractivity contribution in [3.63, 3.8) is 0 Å². The molecule has 7 nitrogen and oxygen atoms in total. The van der Waals surface area contributed by atoms with Crippen molar-refractivity contribution in [2.45, 2.75) is 26.9 Å². The van der Waals surface area contributed by atoms with Gasteiger partial charge in [-0.15, -0.1) is 0 Å². The fourth-order valence-electron chi connectivity index (χ4n) is 2.93. The normalized spacial score (nSPS) is 11.0. The minimum Gasteiger partial charge on any atom is -0.280 e. The lowest BCUT2D eigenvalue weighted by atomic mass is 10.1. The third-order valence-electron chi connectivity index (χ3n) is 4.15. The molecule has 1 aromatic carbocycles. The standard InChI is InChI=1S/C19H18N6OS/c1-13-7-14(2)18-16(8-13)23-19(27-18)25(9-15-5-3-4-6-21-15)17(26)10-24-12-20-11-22-24/h3-8,11-12H,9-10H2,1-2H3. The Morgan fingerprint density at radius 3 is 2.89 bits per heavy atom. The van der Waals surface area contributed by atoms with Gasteiger partial charge in [0, 0.05) is 6.20 Å². The van der Waals surface area contributed by atoms with Crippen molar-refractivity contribution in [1.82, 2.24) is 24.7 Å². The van der Waals surface area contributed by atoms with Gasteiger partial charge in [-0.3, -0.25) is 14.7 Å². The first kappa shape index (κ1) is 17.3. The topological polar surface area (TPSA) is 76.8 Å². The van der Waals surface area contributed by atoms with Gasteiger partial charge in [0.2, 0.25) is 0 Å². The number of aryl methyl sites for hydroxylation is 2. The lowest BCUT2D eigenvalue weighted by Crippen LogP contribution is -2.33. The molecular weight excluding hydrogens is 360 g/mol. The zero-order valence-electron chi connectivity index (χ0n) is 15.0. The molecule has 0 N–H and O–H groups in total. The summed E-state index contributed by atoms with van der Waals surface area (Å²) in [5.41, 5.74) is 4.03. The Hall–Kier alpha value is -3.13. The first-order chi connectivity index (χ1) is 13.1. The molecule has 0 unspecified atom stereocenters. The number of carbonyl (C=O) groups excluding carboxylic acids is 1. The van der Waals surface area contributed by atoms with Gasteiger partial charge in [0.25, 0.3) is 5.91 Å². The number of rotatable bonds is 5. The Balaban J connectivity index is 1.72. The zero-order valence-corrected chi connectivity index (χ0v) is 15.8. The second-order valence-electron chi connectivity index (χ2n) is 6.32. The summed E-state index contributed by atoms with van der Waals surface area (Å²) >= 11 is 1.52. The number of hydrogen-bond donors (Lipinski definition) is 0. The number of nitrogens with zero attached hydrogens (tertiary/aromatic N) is 6. The number of amides is 1. The van der Waals surface area contributed by atoms with Gasteiger partial charge in [0.1, 0.15) is 19.2 Å². The Morgan fingerprint density at radius 1 is 1.26 bits per heavy atom. The van der Waals surface area contributed by atoms with Crippen LogP contribution in [-0.4, -0.2) is 30.6 Å². The van der Waals surface area contributed by atoms with E-state index in [1.54, 1.807) is 11.1 Å². The molecule has 27 heavy (non-hydrogen) atoms. The van der Waals surface area contributed by atoms with E-state index < -0.39 is 0 Å². The van der Waals surface area contributed by atoms with Gasteiger partial charge in [0.15, 0.2) is 5.13 Å². The van der Waals surface area contributed by atoms with Crippen LogP contribution in [0.3, 0.4) is 0 Å². The molecule has 0 aliphatic carbocycles. The van der Waals surface area contributed by atoms with Crippen molar-refractivity contribution in [1.29, 1.82) is 0 Å². The van der Waals surface area contributed by atoms with Gasteiger partial charge in [-0.2, -0.15) is 5.10 Å². The summed E-state index contributed by atoms with van der Waals surface area (Å²) in [6.07, 6.45) is 4.67. The summed E-state index contributed by atoms with van der Waals surface area (Å²) < 4.78 is 2.60. The van der Waals surface area contributed by atoms with E-state index >= 15 is 0 Å². The third-order valence-corrected chi connectivity index (χ3v) is 5.38. The fourth-order valence-corrected chi connectivity index (χ4v) is 3.97. The van der Waals surface area contributed by atoms with Crippen LogP contribution in [-0.2, 0) is 17.9 Å². The fraction of sp³-hybridized carbons (Fsp3) is 0.211. The molecule has 0 bridgehead atoms. The van der Waals surface area contributed by atoms with E-state index in [2.05, 4.69) is 28.1 Å². The van der Waals surface area contributed by atoms with E-state index in [1.165, 1.54) is 28.7 Å². The quantitative estimate of drug-likeness (QED) is 0.533. The molecule has 4 aromatic rings. The highest BCUT2D eigenvalue weighted by Gasteiger charge is 2.22. The third kappa shape index (κ3) is 3.70.